The van der Waals surface area contributed by atoms with Gasteiger partial charge in [0.2, 0.25) is 0 Å². The molecule has 1 aromatic rings. The Morgan fingerprint density at radius 3 is 2.85 bits per heavy atom. The van der Waals surface area contributed by atoms with Crippen LogP contribution in [0.2, 0.25) is 0 Å². The van der Waals surface area contributed by atoms with Crippen LogP contribution in [0.1, 0.15) is 23.0 Å². The van der Waals surface area contributed by atoms with E-state index in [9.17, 15) is 9.59 Å². The molecule has 2 aliphatic rings. The van der Waals surface area contributed by atoms with Crippen molar-refractivity contribution in [3.8, 4) is 0 Å². The molecule has 2 aliphatic heterocycles. The number of guanidine groups is 1. The first kappa shape index (κ1) is 13.6. The van der Waals surface area contributed by atoms with Crippen LogP contribution in [0, 0.1) is 0 Å². The van der Waals surface area contributed by atoms with Crippen molar-refractivity contribution in [2.75, 3.05) is 6.54 Å². The fraction of sp³-hybridized carbons (Fsp3) is 0.364. The summed E-state index contributed by atoms with van der Waals surface area (Å²) in [5.74, 6) is -0.192. The van der Waals surface area contributed by atoms with E-state index in [4.69, 9.17) is 5.73 Å². The molecule has 0 spiro atoms. The van der Waals surface area contributed by atoms with Crippen molar-refractivity contribution >= 4 is 49.6 Å². The summed E-state index contributed by atoms with van der Waals surface area (Å²) < 4.78 is 3.45. The predicted molar refractivity (Wildman–Crippen MR) is 79.4 cm³/mol. The van der Waals surface area contributed by atoms with Gasteiger partial charge in [0.1, 0.15) is 11.7 Å². The number of aliphatic imine (C=N–C) groups is 1. The van der Waals surface area contributed by atoms with Crippen LogP contribution in [0.5, 0.6) is 0 Å². The number of nitrogens with zero attached hydrogens (tertiary/aromatic N) is 2. The molecule has 0 saturated carbocycles. The molecule has 0 radical (unpaired) electrons. The Labute approximate surface area is 131 Å². The Kier molecular flexibility index (Phi) is 3.33. The highest BCUT2D eigenvalue weighted by atomic mass is 79.9. The molecule has 0 fully saturated rings. The first-order valence-corrected chi connectivity index (χ1v) is 7.54. The number of hydrogen-bond acceptors (Lipinski definition) is 4. The highest BCUT2D eigenvalue weighted by molar-refractivity contribution is 9.13. The van der Waals surface area contributed by atoms with Crippen LogP contribution >= 0.6 is 31.9 Å². The number of hydrogen-bond donors (Lipinski definition) is 3. The summed E-state index contributed by atoms with van der Waals surface area (Å²) >= 11 is 6.85. The van der Waals surface area contributed by atoms with Gasteiger partial charge in [0.05, 0.1) is 15.1 Å². The maximum atomic E-state index is 11.8. The van der Waals surface area contributed by atoms with Crippen molar-refractivity contribution in [3.63, 3.8) is 0 Å². The summed E-state index contributed by atoms with van der Waals surface area (Å²) in [6.07, 6.45) is 0.472. The number of fused-ring (bicyclic) bond motifs is 1. The van der Waals surface area contributed by atoms with Crippen molar-refractivity contribution in [2.24, 2.45) is 10.7 Å². The second kappa shape index (κ2) is 4.88. The monoisotopic (exact) mass is 403 g/mol. The number of rotatable bonds is 2. The number of nitrogens with two attached hydrogens (primary N) is 1. The number of halogens is 2. The van der Waals surface area contributed by atoms with Gasteiger partial charge in [-0.1, -0.05) is 0 Å². The molecule has 3 rings (SSSR count). The van der Waals surface area contributed by atoms with Gasteiger partial charge in [0, 0.05) is 13.0 Å². The van der Waals surface area contributed by atoms with Crippen LogP contribution in [-0.2, 0) is 4.79 Å². The van der Waals surface area contributed by atoms with E-state index in [1.807, 2.05) is 4.57 Å². The zero-order chi connectivity index (χ0) is 14.4. The van der Waals surface area contributed by atoms with E-state index >= 15 is 0 Å². The fourth-order valence-electron chi connectivity index (χ4n) is 2.47. The highest BCUT2D eigenvalue weighted by Crippen LogP contribution is 2.34. The lowest BCUT2D eigenvalue weighted by Crippen LogP contribution is -2.41. The summed E-state index contributed by atoms with van der Waals surface area (Å²) in [7, 11) is 0. The molecule has 2 amide bonds. The molecule has 0 unspecified atom stereocenters. The van der Waals surface area contributed by atoms with E-state index in [0.29, 0.717) is 18.7 Å². The molecular formula is C11H11Br2N5O2. The van der Waals surface area contributed by atoms with E-state index in [2.05, 4.69) is 47.5 Å². The van der Waals surface area contributed by atoms with Gasteiger partial charge in [-0.3, -0.25) is 14.9 Å². The maximum Gasteiger partial charge on any atom is 0.268 e. The van der Waals surface area contributed by atoms with Gasteiger partial charge in [0.25, 0.3) is 11.8 Å². The van der Waals surface area contributed by atoms with Gasteiger partial charge >= 0.3 is 0 Å². The molecule has 20 heavy (non-hydrogen) atoms. The molecule has 9 heteroatoms. The van der Waals surface area contributed by atoms with Crippen molar-refractivity contribution in [3.05, 3.63) is 20.8 Å². The average Bonchev–Trinajstić information content (AvgIpc) is 2.86. The summed E-state index contributed by atoms with van der Waals surface area (Å²) in [5, 5.41) is 5.30. The smallest absolute Gasteiger partial charge is 0.268 e. The normalized spacial score (nSPS) is 25.0. The Bertz CT molecular complexity index is 639. The van der Waals surface area contributed by atoms with Gasteiger partial charge < -0.3 is 15.6 Å². The summed E-state index contributed by atoms with van der Waals surface area (Å²) in [4.78, 5) is 27.6. The molecule has 1 aromatic heterocycles. The SMILES string of the molecule is NC1=N[C@@H](C[C@@H]2CNC(=O)c3cc(Br)c(Br)n32)C(=O)N1. The molecule has 106 valence electrons. The summed E-state index contributed by atoms with van der Waals surface area (Å²) in [5.41, 5.74) is 6.05. The van der Waals surface area contributed by atoms with E-state index in [0.717, 1.165) is 9.08 Å². The zero-order valence-corrected chi connectivity index (χ0v) is 13.4. The van der Waals surface area contributed by atoms with Crippen LogP contribution in [0.15, 0.2) is 20.1 Å². The molecule has 0 aromatic carbocycles. The van der Waals surface area contributed by atoms with Crippen LogP contribution in [0.3, 0.4) is 0 Å². The molecule has 4 N–H and O–H groups in total. The van der Waals surface area contributed by atoms with Crippen LogP contribution < -0.4 is 16.4 Å². The minimum atomic E-state index is -0.518. The highest BCUT2D eigenvalue weighted by Gasteiger charge is 2.34. The van der Waals surface area contributed by atoms with Gasteiger partial charge in [-0.05, 0) is 37.9 Å². The topological polar surface area (TPSA) is 102 Å². The Balaban J connectivity index is 1.91. The summed E-state index contributed by atoms with van der Waals surface area (Å²) in [6.45, 7) is 0.449. The van der Waals surface area contributed by atoms with E-state index < -0.39 is 6.04 Å². The number of amides is 2. The molecule has 2 atom stereocenters. The Morgan fingerprint density at radius 1 is 1.45 bits per heavy atom. The number of carbonyl (C=O) groups excluding carboxylic acids is 2. The lowest BCUT2D eigenvalue weighted by Gasteiger charge is -2.28. The minimum Gasteiger partial charge on any atom is -0.370 e. The molecule has 0 saturated heterocycles. The van der Waals surface area contributed by atoms with Crippen molar-refractivity contribution in [2.45, 2.75) is 18.5 Å². The largest absolute Gasteiger partial charge is 0.370 e. The third-order valence-corrected chi connectivity index (χ3v) is 5.32. The summed E-state index contributed by atoms with van der Waals surface area (Å²) in [6, 6.07) is 1.17. The van der Waals surface area contributed by atoms with Crippen molar-refractivity contribution in [1.29, 1.82) is 0 Å². The second-order valence-electron chi connectivity index (χ2n) is 4.66. The Hall–Kier alpha value is -1.35. The van der Waals surface area contributed by atoms with Crippen LogP contribution in [0.4, 0.5) is 0 Å². The molecule has 0 aliphatic carbocycles. The average molecular weight is 405 g/mol. The van der Waals surface area contributed by atoms with Crippen molar-refractivity contribution < 1.29 is 9.59 Å². The molecule has 0 bridgehead atoms. The van der Waals surface area contributed by atoms with E-state index in [-0.39, 0.29) is 23.8 Å². The van der Waals surface area contributed by atoms with Gasteiger partial charge in [-0.15, -0.1) is 0 Å². The third-order valence-electron chi connectivity index (χ3n) is 3.37. The fourth-order valence-corrected chi connectivity index (χ4v) is 3.47. The van der Waals surface area contributed by atoms with Gasteiger partial charge in [-0.2, -0.15) is 0 Å². The number of carbonyl (C=O) groups is 2. The third kappa shape index (κ3) is 2.14. The Morgan fingerprint density at radius 2 is 2.20 bits per heavy atom. The lowest BCUT2D eigenvalue weighted by atomic mass is 10.1. The van der Waals surface area contributed by atoms with Crippen LogP contribution in [0.25, 0.3) is 0 Å². The lowest BCUT2D eigenvalue weighted by molar-refractivity contribution is -0.120. The standard InChI is InChI=1S/C11H11Br2N5O2/c12-5-2-7-10(20)15-3-4(18(7)8(5)13)1-6-9(19)17-11(14)16-6/h2,4,6H,1,3H2,(H,15,20)(H3,14,16,17,19)/t4-,6+/m1/s1. The van der Waals surface area contributed by atoms with Crippen molar-refractivity contribution in [1.82, 2.24) is 15.2 Å². The first-order valence-electron chi connectivity index (χ1n) is 5.96. The zero-order valence-electron chi connectivity index (χ0n) is 10.2. The number of nitrogens with one attached hydrogen (secondary N) is 2. The van der Waals surface area contributed by atoms with Gasteiger partial charge in [0.15, 0.2) is 5.96 Å². The molecule has 7 nitrogen and oxygen atoms in total. The maximum absolute atomic E-state index is 11.8. The first-order chi connectivity index (χ1) is 9.47. The van der Waals surface area contributed by atoms with Crippen LogP contribution in [-0.4, -0.2) is 34.9 Å². The second-order valence-corrected chi connectivity index (χ2v) is 6.26. The number of aromatic nitrogens is 1. The molecule has 3 heterocycles. The van der Waals surface area contributed by atoms with E-state index in [1.54, 1.807) is 6.07 Å². The van der Waals surface area contributed by atoms with Gasteiger partial charge in [-0.25, -0.2) is 4.99 Å². The quantitative estimate of drug-likeness (QED) is 0.668. The predicted octanol–water partition coefficient (Wildman–Crippen LogP) is 0.501. The van der Waals surface area contributed by atoms with E-state index in [1.165, 1.54) is 0 Å². The molecular weight excluding hydrogens is 394 g/mol. The minimum absolute atomic E-state index is 0.0613.